The summed E-state index contributed by atoms with van der Waals surface area (Å²) in [5.74, 6) is -0.444. The number of amides is 1. The van der Waals surface area contributed by atoms with Crippen molar-refractivity contribution in [2.45, 2.75) is 38.6 Å². The number of rotatable bonds is 2. The van der Waals surface area contributed by atoms with Gasteiger partial charge in [-0.2, -0.15) is 0 Å². The number of carbonyl (C=O) groups is 2. The number of aryl methyl sites for hydroxylation is 1. The van der Waals surface area contributed by atoms with Crippen LogP contribution in [0.4, 0.5) is 0 Å². The molecule has 1 aliphatic heterocycles. The molecule has 18 heavy (non-hydrogen) atoms. The van der Waals surface area contributed by atoms with Gasteiger partial charge in [-0.3, -0.25) is 4.79 Å². The number of carboxylic acid groups (broad SMARTS) is 1. The molecular formula is C13H17NO4. The van der Waals surface area contributed by atoms with E-state index in [0.717, 1.165) is 12.8 Å². The smallest absolute Gasteiger partial charge is 0.329 e. The third kappa shape index (κ3) is 2.00. The second kappa shape index (κ2) is 4.48. The Bertz CT molecular complexity index is 479. The highest BCUT2D eigenvalue weighted by molar-refractivity contribution is 5.95. The van der Waals surface area contributed by atoms with Gasteiger partial charge in [0.1, 0.15) is 11.3 Å². The quantitative estimate of drug-likeness (QED) is 0.873. The van der Waals surface area contributed by atoms with Crippen LogP contribution in [-0.4, -0.2) is 34.0 Å². The van der Waals surface area contributed by atoms with Crippen molar-refractivity contribution < 1.29 is 19.1 Å². The van der Waals surface area contributed by atoms with Crippen LogP contribution < -0.4 is 0 Å². The molecule has 0 radical (unpaired) electrons. The summed E-state index contributed by atoms with van der Waals surface area (Å²) in [5, 5.41) is 9.34. The summed E-state index contributed by atoms with van der Waals surface area (Å²) in [5.41, 5.74) is -1.13. The lowest BCUT2D eigenvalue weighted by atomic mass is 9.88. The Morgan fingerprint density at radius 2 is 2.11 bits per heavy atom. The van der Waals surface area contributed by atoms with E-state index in [1.807, 2.05) is 0 Å². The van der Waals surface area contributed by atoms with Gasteiger partial charge in [-0.15, -0.1) is 0 Å². The summed E-state index contributed by atoms with van der Waals surface area (Å²) in [6.07, 6.45) is 2.13. The predicted octanol–water partition coefficient (Wildman–Crippen LogP) is 2.06. The van der Waals surface area contributed by atoms with Crippen molar-refractivity contribution in [2.75, 3.05) is 6.54 Å². The molecule has 98 valence electrons. The van der Waals surface area contributed by atoms with Gasteiger partial charge in [-0.1, -0.05) is 0 Å². The molecule has 0 spiro atoms. The first kappa shape index (κ1) is 12.7. The van der Waals surface area contributed by atoms with E-state index in [1.165, 1.54) is 4.90 Å². The Morgan fingerprint density at radius 3 is 2.67 bits per heavy atom. The first-order valence-corrected chi connectivity index (χ1v) is 6.07. The zero-order chi connectivity index (χ0) is 13.3. The Balaban J connectivity index is 2.30. The van der Waals surface area contributed by atoms with Gasteiger partial charge >= 0.3 is 5.97 Å². The molecule has 1 atom stereocenters. The second-order valence-corrected chi connectivity index (χ2v) is 4.90. The fourth-order valence-electron chi connectivity index (χ4n) is 2.35. The van der Waals surface area contributed by atoms with Gasteiger partial charge in [0.05, 0.1) is 0 Å². The van der Waals surface area contributed by atoms with Gasteiger partial charge in [0, 0.05) is 6.54 Å². The van der Waals surface area contributed by atoms with E-state index in [1.54, 1.807) is 26.0 Å². The standard InChI is InChI=1S/C13H17NO4/c1-9-5-6-10(18-9)11(15)14-8-4-3-7-13(14,2)12(16)17/h5-6H,3-4,7-8H2,1-2H3,(H,16,17). The SMILES string of the molecule is Cc1ccc(C(=O)N2CCCCC2(C)C(=O)O)o1. The Hall–Kier alpha value is -1.78. The van der Waals surface area contributed by atoms with Gasteiger partial charge in [0.2, 0.25) is 0 Å². The summed E-state index contributed by atoms with van der Waals surface area (Å²) in [7, 11) is 0. The zero-order valence-electron chi connectivity index (χ0n) is 10.6. The summed E-state index contributed by atoms with van der Waals surface area (Å²) < 4.78 is 5.29. The van der Waals surface area contributed by atoms with Crippen molar-refractivity contribution in [1.29, 1.82) is 0 Å². The lowest BCUT2D eigenvalue weighted by Gasteiger charge is -2.41. The summed E-state index contributed by atoms with van der Waals surface area (Å²) in [4.78, 5) is 25.1. The molecule has 1 unspecified atom stereocenters. The van der Waals surface area contributed by atoms with Crippen LogP contribution in [0.15, 0.2) is 16.5 Å². The van der Waals surface area contributed by atoms with E-state index in [4.69, 9.17) is 4.42 Å². The van der Waals surface area contributed by atoms with E-state index in [0.29, 0.717) is 18.7 Å². The minimum absolute atomic E-state index is 0.210. The second-order valence-electron chi connectivity index (χ2n) is 4.90. The van der Waals surface area contributed by atoms with Gasteiger partial charge in [-0.05, 0) is 45.2 Å². The number of carbonyl (C=O) groups excluding carboxylic acids is 1. The van der Waals surface area contributed by atoms with Gasteiger partial charge < -0.3 is 14.4 Å². The minimum atomic E-state index is -1.13. The maximum Gasteiger partial charge on any atom is 0.329 e. The maximum absolute atomic E-state index is 12.3. The molecule has 0 bridgehead atoms. The third-order valence-electron chi connectivity index (χ3n) is 3.55. The molecule has 1 saturated heterocycles. The monoisotopic (exact) mass is 251 g/mol. The molecule has 1 amide bonds. The molecule has 1 fully saturated rings. The van der Waals surface area contributed by atoms with E-state index >= 15 is 0 Å². The molecule has 1 aromatic rings. The molecule has 1 N–H and O–H groups in total. The Morgan fingerprint density at radius 1 is 1.39 bits per heavy atom. The van der Waals surface area contributed by atoms with Crippen molar-refractivity contribution in [3.05, 3.63) is 23.7 Å². The van der Waals surface area contributed by atoms with Crippen LogP contribution in [-0.2, 0) is 4.79 Å². The number of carboxylic acids is 1. The summed E-state index contributed by atoms with van der Waals surface area (Å²) >= 11 is 0. The number of likely N-dealkylation sites (tertiary alicyclic amines) is 1. The van der Waals surface area contributed by atoms with Crippen molar-refractivity contribution in [2.24, 2.45) is 0 Å². The van der Waals surface area contributed by atoms with Gasteiger partial charge in [0.25, 0.3) is 5.91 Å². The topological polar surface area (TPSA) is 70.8 Å². The van der Waals surface area contributed by atoms with Gasteiger partial charge in [-0.25, -0.2) is 4.79 Å². The largest absolute Gasteiger partial charge is 0.480 e. The summed E-state index contributed by atoms with van der Waals surface area (Å²) in [6.45, 7) is 3.81. The van der Waals surface area contributed by atoms with Crippen LogP contribution in [0.2, 0.25) is 0 Å². The van der Waals surface area contributed by atoms with Gasteiger partial charge in [0.15, 0.2) is 5.76 Å². The predicted molar refractivity (Wildman–Crippen MR) is 64.4 cm³/mol. The molecule has 2 rings (SSSR count). The number of aliphatic carboxylic acids is 1. The highest BCUT2D eigenvalue weighted by atomic mass is 16.4. The molecule has 5 heteroatoms. The number of hydrogen-bond acceptors (Lipinski definition) is 3. The molecule has 5 nitrogen and oxygen atoms in total. The number of nitrogens with zero attached hydrogens (tertiary/aromatic N) is 1. The molecule has 0 aliphatic carbocycles. The van der Waals surface area contributed by atoms with Crippen molar-refractivity contribution in [3.8, 4) is 0 Å². The molecule has 0 aromatic carbocycles. The minimum Gasteiger partial charge on any atom is -0.480 e. The highest BCUT2D eigenvalue weighted by Gasteiger charge is 2.44. The third-order valence-corrected chi connectivity index (χ3v) is 3.55. The highest BCUT2D eigenvalue weighted by Crippen LogP contribution is 2.30. The van der Waals surface area contributed by atoms with Crippen LogP contribution in [0, 0.1) is 6.92 Å². The molecule has 0 saturated carbocycles. The van der Waals surface area contributed by atoms with Crippen molar-refractivity contribution in [3.63, 3.8) is 0 Å². The van der Waals surface area contributed by atoms with E-state index in [-0.39, 0.29) is 11.7 Å². The number of furan rings is 1. The normalized spacial score (nSPS) is 24.0. The van der Waals surface area contributed by atoms with Crippen LogP contribution in [0.25, 0.3) is 0 Å². The maximum atomic E-state index is 12.3. The molecular weight excluding hydrogens is 234 g/mol. The zero-order valence-corrected chi connectivity index (χ0v) is 10.6. The molecule has 1 aliphatic rings. The van der Waals surface area contributed by atoms with Crippen LogP contribution >= 0.6 is 0 Å². The van der Waals surface area contributed by atoms with E-state index in [9.17, 15) is 14.7 Å². The fourth-order valence-corrected chi connectivity index (χ4v) is 2.35. The molecule has 2 heterocycles. The number of piperidine rings is 1. The van der Waals surface area contributed by atoms with Crippen LogP contribution in [0.1, 0.15) is 42.5 Å². The number of hydrogen-bond donors (Lipinski definition) is 1. The Kier molecular flexibility index (Phi) is 3.15. The van der Waals surface area contributed by atoms with E-state index in [2.05, 4.69) is 0 Å². The summed E-state index contributed by atoms with van der Waals surface area (Å²) in [6, 6.07) is 3.30. The van der Waals surface area contributed by atoms with Crippen LogP contribution in [0.5, 0.6) is 0 Å². The van der Waals surface area contributed by atoms with Crippen molar-refractivity contribution in [1.82, 2.24) is 4.90 Å². The average Bonchev–Trinajstić information content (AvgIpc) is 2.75. The Labute approximate surface area is 105 Å². The fraction of sp³-hybridized carbons (Fsp3) is 0.538. The first-order chi connectivity index (χ1) is 8.45. The van der Waals surface area contributed by atoms with Crippen LogP contribution in [0.3, 0.4) is 0 Å². The lowest BCUT2D eigenvalue weighted by Crippen LogP contribution is -2.57. The first-order valence-electron chi connectivity index (χ1n) is 6.07. The lowest BCUT2D eigenvalue weighted by molar-refractivity contribution is -0.150. The molecule has 1 aromatic heterocycles. The van der Waals surface area contributed by atoms with Crippen molar-refractivity contribution >= 4 is 11.9 Å². The van der Waals surface area contributed by atoms with E-state index < -0.39 is 11.5 Å². The average molecular weight is 251 g/mol.